The Balaban J connectivity index is 1.17. The van der Waals surface area contributed by atoms with E-state index in [1.807, 2.05) is 35.6 Å². The summed E-state index contributed by atoms with van der Waals surface area (Å²) in [5.41, 5.74) is 10.1. The average molecular weight is 747 g/mol. The van der Waals surface area contributed by atoms with Crippen LogP contribution < -0.4 is 0 Å². The predicted molar refractivity (Wildman–Crippen MR) is 236 cm³/mol. The van der Waals surface area contributed by atoms with Crippen molar-refractivity contribution < 1.29 is 4.42 Å². The summed E-state index contributed by atoms with van der Waals surface area (Å²) in [7, 11) is 0. The summed E-state index contributed by atoms with van der Waals surface area (Å²) in [5, 5.41) is 6.87. The van der Waals surface area contributed by atoms with Gasteiger partial charge in [0.05, 0.1) is 15.7 Å². The molecule has 12 aromatic rings. The van der Waals surface area contributed by atoms with Crippen LogP contribution >= 0.6 is 11.3 Å². The first-order valence-electron chi connectivity index (χ1n) is 19.0. The molecule has 0 unspecified atom stereocenters. The first-order chi connectivity index (χ1) is 28.3. The van der Waals surface area contributed by atoms with Gasteiger partial charge in [-0.2, -0.15) is 9.97 Å². The van der Waals surface area contributed by atoms with E-state index in [-0.39, 0.29) is 0 Å². The van der Waals surface area contributed by atoms with Gasteiger partial charge >= 0.3 is 0 Å². The topological polar surface area (TPSA) is 56.7 Å². The van der Waals surface area contributed by atoms with Gasteiger partial charge in [0.25, 0.3) is 0 Å². The van der Waals surface area contributed by atoms with Crippen molar-refractivity contribution in [2.45, 2.75) is 0 Å². The van der Waals surface area contributed by atoms with Gasteiger partial charge in [0.15, 0.2) is 11.6 Å². The maximum atomic E-state index is 6.24. The minimum Gasteiger partial charge on any atom is -0.456 e. The second-order valence-electron chi connectivity index (χ2n) is 14.3. The van der Waals surface area contributed by atoms with E-state index in [0.29, 0.717) is 17.6 Å². The number of rotatable bonds is 5. The standard InChI is InChI=1S/C51H30N4OS/c1-2-14-31(15-3-1)33-16-4-5-17-34(33)35-18-6-7-22-41(35)50-52-49(32-26-29-45-42(30-32)37-20-9-12-24-44(37)56-45)53-51(54-50)55-43-23-11-8-19-36(43)39-27-28-40-38-21-10-13-25-46(38)57-48(40)47(39)55/h1-30H. The smallest absolute Gasteiger partial charge is 0.238 e. The highest BCUT2D eigenvalue weighted by atomic mass is 32.1. The third-order valence-electron chi connectivity index (χ3n) is 11.1. The first-order valence-corrected chi connectivity index (χ1v) is 19.8. The van der Waals surface area contributed by atoms with Gasteiger partial charge in [-0.05, 0) is 58.7 Å². The van der Waals surface area contributed by atoms with Gasteiger partial charge in [-0.15, -0.1) is 11.3 Å². The van der Waals surface area contributed by atoms with Crippen LogP contribution in [0, 0.1) is 0 Å². The van der Waals surface area contributed by atoms with Crippen LogP contribution in [0.15, 0.2) is 186 Å². The van der Waals surface area contributed by atoms with E-state index >= 15 is 0 Å². The van der Waals surface area contributed by atoms with Crippen LogP contribution in [0.4, 0.5) is 0 Å². The predicted octanol–water partition coefficient (Wildman–Crippen LogP) is 13.9. The zero-order valence-corrected chi connectivity index (χ0v) is 31.2. The minimum atomic E-state index is 0.564. The fraction of sp³-hybridized carbons (Fsp3) is 0. The molecule has 0 aliphatic heterocycles. The van der Waals surface area contributed by atoms with Crippen LogP contribution in [0.3, 0.4) is 0 Å². The third kappa shape index (κ3) is 4.98. The summed E-state index contributed by atoms with van der Waals surface area (Å²) in [5.74, 6) is 1.75. The molecule has 0 saturated heterocycles. The van der Waals surface area contributed by atoms with E-state index in [0.717, 1.165) is 77.1 Å². The summed E-state index contributed by atoms with van der Waals surface area (Å²) in [6.07, 6.45) is 0. The molecule has 266 valence electrons. The Labute approximate surface area is 330 Å². The molecule has 4 heterocycles. The van der Waals surface area contributed by atoms with E-state index in [9.17, 15) is 0 Å². The summed E-state index contributed by atoms with van der Waals surface area (Å²) in [6, 6.07) is 63.7. The minimum absolute atomic E-state index is 0.564. The highest BCUT2D eigenvalue weighted by molar-refractivity contribution is 7.26. The van der Waals surface area contributed by atoms with Crippen molar-refractivity contribution in [3.05, 3.63) is 182 Å². The van der Waals surface area contributed by atoms with E-state index < -0.39 is 0 Å². The molecule has 5 nitrogen and oxygen atoms in total. The van der Waals surface area contributed by atoms with Crippen LogP contribution in [0.2, 0.25) is 0 Å². The monoisotopic (exact) mass is 746 g/mol. The Bertz CT molecular complexity index is 3540. The van der Waals surface area contributed by atoms with Gasteiger partial charge in [0.1, 0.15) is 11.2 Å². The summed E-state index contributed by atoms with van der Waals surface area (Å²) < 4.78 is 10.9. The lowest BCUT2D eigenvalue weighted by atomic mass is 9.91. The molecule has 57 heavy (non-hydrogen) atoms. The lowest BCUT2D eigenvalue weighted by Crippen LogP contribution is -2.07. The number of thiophene rings is 1. The van der Waals surface area contributed by atoms with E-state index in [1.54, 1.807) is 0 Å². The number of fused-ring (bicyclic) bond motifs is 10. The largest absolute Gasteiger partial charge is 0.456 e. The normalized spacial score (nSPS) is 11.9. The molecule has 6 heteroatoms. The summed E-state index contributed by atoms with van der Waals surface area (Å²) in [4.78, 5) is 16.2. The molecule has 0 aliphatic rings. The summed E-state index contributed by atoms with van der Waals surface area (Å²) in [6.45, 7) is 0. The molecule has 0 saturated carbocycles. The quantitative estimate of drug-likeness (QED) is 0.176. The maximum Gasteiger partial charge on any atom is 0.238 e. The fourth-order valence-corrected chi connectivity index (χ4v) is 9.76. The lowest BCUT2D eigenvalue weighted by molar-refractivity contribution is 0.669. The first kappa shape index (κ1) is 31.9. The van der Waals surface area contributed by atoms with E-state index in [4.69, 9.17) is 19.4 Å². The Kier molecular flexibility index (Phi) is 7.03. The second-order valence-corrected chi connectivity index (χ2v) is 15.4. The molecule has 0 aliphatic carbocycles. The van der Waals surface area contributed by atoms with Crippen LogP contribution in [-0.4, -0.2) is 19.5 Å². The van der Waals surface area contributed by atoms with Crippen LogP contribution in [-0.2, 0) is 0 Å². The zero-order valence-electron chi connectivity index (χ0n) is 30.4. The molecule has 0 bridgehead atoms. The maximum absolute atomic E-state index is 6.24. The van der Waals surface area contributed by atoms with Crippen LogP contribution in [0.1, 0.15) is 0 Å². The van der Waals surface area contributed by atoms with Gasteiger partial charge in [-0.1, -0.05) is 146 Å². The Morgan fingerprint density at radius 2 is 1.04 bits per heavy atom. The number of nitrogens with zero attached hydrogens (tertiary/aromatic N) is 4. The van der Waals surface area contributed by atoms with E-state index in [1.165, 1.54) is 20.2 Å². The van der Waals surface area contributed by atoms with Crippen molar-refractivity contribution in [1.82, 2.24) is 19.5 Å². The number of hydrogen-bond acceptors (Lipinski definition) is 5. The molecule has 0 N–H and O–H groups in total. The number of para-hydroxylation sites is 2. The van der Waals surface area contributed by atoms with Crippen LogP contribution in [0.5, 0.6) is 0 Å². The highest BCUT2D eigenvalue weighted by Crippen LogP contribution is 2.44. The molecule has 0 spiro atoms. The fourth-order valence-electron chi connectivity index (χ4n) is 8.52. The molecule has 0 fully saturated rings. The van der Waals surface area contributed by atoms with Gasteiger partial charge < -0.3 is 4.42 Å². The highest BCUT2D eigenvalue weighted by Gasteiger charge is 2.23. The molecular formula is C51H30N4OS. The lowest BCUT2D eigenvalue weighted by Gasteiger charge is -2.15. The van der Waals surface area contributed by atoms with Crippen molar-refractivity contribution in [3.63, 3.8) is 0 Å². The molecular weight excluding hydrogens is 717 g/mol. The van der Waals surface area contributed by atoms with Crippen molar-refractivity contribution in [2.75, 3.05) is 0 Å². The van der Waals surface area contributed by atoms with Gasteiger partial charge in [0.2, 0.25) is 5.95 Å². The molecule has 0 radical (unpaired) electrons. The van der Waals surface area contributed by atoms with Crippen molar-refractivity contribution in [3.8, 4) is 51.0 Å². The number of hydrogen-bond donors (Lipinski definition) is 0. The van der Waals surface area contributed by atoms with Crippen molar-refractivity contribution >= 4 is 75.3 Å². The Morgan fingerprint density at radius 1 is 0.404 bits per heavy atom. The SMILES string of the molecule is c1ccc(-c2ccccc2-c2ccccc2-c2nc(-c3ccc4oc5ccccc5c4c3)nc(-n3c4ccccc4c4ccc5c6ccccc6sc5c43)n2)cc1. The number of furan rings is 1. The van der Waals surface area contributed by atoms with Crippen molar-refractivity contribution in [1.29, 1.82) is 0 Å². The Morgan fingerprint density at radius 3 is 1.89 bits per heavy atom. The van der Waals surface area contributed by atoms with Gasteiger partial charge in [0, 0.05) is 48.1 Å². The third-order valence-corrected chi connectivity index (χ3v) is 12.3. The summed E-state index contributed by atoms with van der Waals surface area (Å²) >= 11 is 1.82. The van der Waals surface area contributed by atoms with Gasteiger partial charge in [-0.3, -0.25) is 4.57 Å². The molecule has 0 atom stereocenters. The van der Waals surface area contributed by atoms with Gasteiger partial charge in [-0.25, -0.2) is 4.98 Å². The number of benzene rings is 8. The average Bonchev–Trinajstić information content (AvgIpc) is 3.96. The zero-order chi connectivity index (χ0) is 37.5. The Hall–Kier alpha value is -7.41. The molecule has 12 rings (SSSR count). The van der Waals surface area contributed by atoms with Crippen LogP contribution in [0.25, 0.3) is 115 Å². The van der Waals surface area contributed by atoms with Crippen molar-refractivity contribution in [2.24, 2.45) is 0 Å². The second kappa shape index (κ2) is 12.6. The molecule has 4 aromatic heterocycles. The number of aromatic nitrogens is 4. The molecule has 0 amide bonds. The molecule has 8 aromatic carbocycles. The van der Waals surface area contributed by atoms with E-state index in [2.05, 4.69) is 162 Å².